The first-order valence-electron chi connectivity index (χ1n) is 8.20. The van der Waals surface area contributed by atoms with Crippen LogP contribution in [0, 0.1) is 0 Å². The van der Waals surface area contributed by atoms with Gasteiger partial charge in [0, 0.05) is 18.1 Å². The molecule has 23 heavy (non-hydrogen) atoms. The fraction of sp³-hybridized carbons (Fsp3) is 0.474. The largest absolute Gasteiger partial charge is 0.444 e. The lowest BCUT2D eigenvalue weighted by molar-refractivity contribution is 0.0524. The van der Waals surface area contributed by atoms with E-state index in [1.54, 1.807) is 0 Å². The van der Waals surface area contributed by atoms with Gasteiger partial charge in [-0.2, -0.15) is 0 Å². The maximum atomic E-state index is 11.9. The summed E-state index contributed by atoms with van der Waals surface area (Å²) in [5, 5.41) is 4.01. The Labute approximate surface area is 138 Å². The van der Waals surface area contributed by atoms with Crippen molar-refractivity contribution in [1.29, 1.82) is 0 Å². The average Bonchev–Trinajstić information content (AvgIpc) is 2.49. The summed E-state index contributed by atoms with van der Waals surface area (Å²) in [7, 11) is 0. The maximum absolute atomic E-state index is 11.9. The van der Waals surface area contributed by atoms with E-state index in [0.717, 1.165) is 23.9 Å². The zero-order valence-corrected chi connectivity index (χ0v) is 14.7. The van der Waals surface area contributed by atoms with Crippen molar-refractivity contribution < 1.29 is 9.53 Å². The number of alkyl carbamates (subject to hydrolysis) is 1. The lowest BCUT2D eigenvalue weighted by atomic mass is 9.99. The van der Waals surface area contributed by atoms with Crippen LogP contribution in [-0.4, -0.2) is 16.7 Å². The van der Waals surface area contributed by atoms with E-state index >= 15 is 0 Å². The molecule has 0 atom stereocenters. The predicted octanol–water partition coefficient (Wildman–Crippen LogP) is 4.38. The van der Waals surface area contributed by atoms with Gasteiger partial charge in [0.25, 0.3) is 0 Å². The van der Waals surface area contributed by atoms with Crippen molar-refractivity contribution in [1.82, 2.24) is 10.3 Å². The number of amides is 1. The Morgan fingerprint density at radius 1 is 1.17 bits per heavy atom. The fourth-order valence-corrected chi connectivity index (χ4v) is 2.58. The molecule has 0 bridgehead atoms. The molecule has 4 heteroatoms. The minimum Gasteiger partial charge on any atom is -0.444 e. The van der Waals surface area contributed by atoms with E-state index in [9.17, 15) is 4.79 Å². The van der Waals surface area contributed by atoms with Crippen molar-refractivity contribution in [2.75, 3.05) is 0 Å². The first kappa shape index (κ1) is 17.3. The monoisotopic (exact) mass is 314 g/mol. The van der Waals surface area contributed by atoms with Gasteiger partial charge in [0.05, 0.1) is 5.52 Å². The lowest BCUT2D eigenvalue weighted by Gasteiger charge is -2.20. The topological polar surface area (TPSA) is 51.2 Å². The molecule has 1 amide bonds. The number of nitrogens with one attached hydrogen (secondary N) is 1. The highest BCUT2D eigenvalue weighted by Crippen LogP contribution is 2.23. The number of rotatable bonds is 4. The molecule has 1 aromatic heterocycles. The third-order valence-corrected chi connectivity index (χ3v) is 3.69. The van der Waals surface area contributed by atoms with Gasteiger partial charge in [-0.1, -0.05) is 19.9 Å². The highest BCUT2D eigenvalue weighted by molar-refractivity contribution is 5.86. The van der Waals surface area contributed by atoms with Crippen LogP contribution in [0.4, 0.5) is 4.79 Å². The summed E-state index contributed by atoms with van der Waals surface area (Å²) in [5.41, 5.74) is 4.02. The number of nitrogens with zero attached hydrogens (tertiary/aromatic N) is 1. The molecule has 0 aliphatic heterocycles. The number of pyridine rings is 1. The third kappa shape index (κ3) is 4.44. The number of aryl methyl sites for hydroxylation is 2. The van der Waals surface area contributed by atoms with Crippen LogP contribution in [0.2, 0.25) is 0 Å². The van der Waals surface area contributed by atoms with Crippen LogP contribution < -0.4 is 5.32 Å². The SMILES string of the molecule is CCc1cc(CNC(=O)OC(C)(C)C)c2nccc(CC)c2c1. The highest BCUT2D eigenvalue weighted by atomic mass is 16.6. The van der Waals surface area contributed by atoms with E-state index in [0.29, 0.717) is 6.54 Å². The van der Waals surface area contributed by atoms with Gasteiger partial charge in [0.1, 0.15) is 5.60 Å². The van der Waals surface area contributed by atoms with Crippen LogP contribution in [0.1, 0.15) is 51.3 Å². The molecule has 0 spiro atoms. The van der Waals surface area contributed by atoms with Crippen molar-refractivity contribution in [2.45, 2.75) is 59.6 Å². The summed E-state index contributed by atoms with van der Waals surface area (Å²) < 4.78 is 5.30. The van der Waals surface area contributed by atoms with Gasteiger partial charge < -0.3 is 10.1 Å². The third-order valence-electron chi connectivity index (χ3n) is 3.69. The first-order chi connectivity index (χ1) is 10.8. The van der Waals surface area contributed by atoms with E-state index in [1.165, 1.54) is 16.5 Å². The number of fused-ring (bicyclic) bond motifs is 1. The first-order valence-corrected chi connectivity index (χ1v) is 8.20. The second kappa shape index (κ2) is 6.99. The van der Waals surface area contributed by atoms with Crippen LogP contribution in [0.15, 0.2) is 24.4 Å². The molecule has 0 fully saturated rings. The van der Waals surface area contributed by atoms with E-state index in [2.05, 4.69) is 42.3 Å². The number of hydrogen-bond acceptors (Lipinski definition) is 3. The van der Waals surface area contributed by atoms with Crippen molar-refractivity contribution >= 4 is 17.0 Å². The molecule has 4 nitrogen and oxygen atoms in total. The second-order valence-corrected chi connectivity index (χ2v) is 6.68. The van der Waals surface area contributed by atoms with Gasteiger partial charge in [-0.25, -0.2) is 4.79 Å². The summed E-state index contributed by atoms with van der Waals surface area (Å²) in [5.74, 6) is 0. The Hall–Kier alpha value is -2.10. The molecule has 1 heterocycles. The average molecular weight is 314 g/mol. The Morgan fingerprint density at radius 2 is 1.91 bits per heavy atom. The molecule has 0 saturated heterocycles. The number of carbonyl (C=O) groups is 1. The van der Waals surface area contributed by atoms with Crippen molar-refractivity contribution in [3.63, 3.8) is 0 Å². The van der Waals surface area contributed by atoms with Crippen LogP contribution >= 0.6 is 0 Å². The molecule has 0 saturated carbocycles. The van der Waals surface area contributed by atoms with Crippen LogP contribution in [-0.2, 0) is 24.1 Å². The fourth-order valence-electron chi connectivity index (χ4n) is 2.58. The molecule has 1 N–H and O–H groups in total. The highest BCUT2D eigenvalue weighted by Gasteiger charge is 2.16. The number of ether oxygens (including phenoxy) is 1. The van der Waals surface area contributed by atoms with Gasteiger partial charge in [-0.05, 0) is 62.4 Å². The van der Waals surface area contributed by atoms with Gasteiger partial charge in [-0.15, -0.1) is 0 Å². The number of hydrogen-bond donors (Lipinski definition) is 1. The molecule has 2 aromatic rings. The molecule has 2 rings (SSSR count). The second-order valence-electron chi connectivity index (χ2n) is 6.68. The molecule has 0 radical (unpaired) electrons. The molecule has 124 valence electrons. The smallest absolute Gasteiger partial charge is 0.407 e. The zero-order valence-electron chi connectivity index (χ0n) is 14.7. The molecule has 0 aliphatic carbocycles. The quantitative estimate of drug-likeness (QED) is 0.911. The minimum absolute atomic E-state index is 0.404. The number of benzene rings is 1. The van der Waals surface area contributed by atoms with Crippen LogP contribution in [0.25, 0.3) is 10.9 Å². The Bertz CT molecular complexity index is 702. The van der Waals surface area contributed by atoms with Crippen molar-refractivity contribution in [2.24, 2.45) is 0 Å². The van der Waals surface area contributed by atoms with E-state index in [1.807, 2.05) is 27.0 Å². The Kier molecular flexibility index (Phi) is 5.24. The molecule has 1 aromatic carbocycles. The number of carbonyl (C=O) groups excluding carboxylic acids is 1. The van der Waals surface area contributed by atoms with Gasteiger partial charge in [0.2, 0.25) is 0 Å². The normalized spacial score (nSPS) is 11.5. The van der Waals surface area contributed by atoms with E-state index < -0.39 is 11.7 Å². The van der Waals surface area contributed by atoms with Crippen LogP contribution in [0.3, 0.4) is 0 Å². The molecular weight excluding hydrogens is 288 g/mol. The summed E-state index contributed by atoms with van der Waals surface area (Å²) in [6.45, 7) is 10.3. The van der Waals surface area contributed by atoms with E-state index in [4.69, 9.17) is 4.74 Å². The zero-order chi connectivity index (χ0) is 17.0. The van der Waals surface area contributed by atoms with Crippen molar-refractivity contribution in [3.8, 4) is 0 Å². The van der Waals surface area contributed by atoms with Gasteiger partial charge in [0.15, 0.2) is 0 Å². The molecular formula is C19H26N2O2. The summed E-state index contributed by atoms with van der Waals surface area (Å²) >= 11 is 0. The molecule has 0 unspecified atom stereocenters. The maximum Gasteiger partial charge on any atom is 0.407 e. The van der Waals surface area contributed by atoms with E-state index in [-0.39, 0.29) is 0 Å². The predicted molar refractivity (Wildman–Crippen MR) is 93.6 cm³/mol. The van der Waals surface area contributed by atoms with Crippen molar-refractivity contribution in [3.05, 3.63) is 41.1 Å². The van der Waals surface area contributed by atoms with Crippen LogP contribution in [0.5, 0.6) is 0 Å². The Morgan fingerprint density at radius 3 is 2.52 bits per heavy atom. The van der Waals surface area contributed by atoms with Gasteiger partial charge >= 0.3 is 6.09 Å². The standard InChI is InChI=1S/C19H26N2O2/c1-6-13-10-15(12-21-18(22)23-19(3,4)5)17-16(11-13)14(7-2)8-9-20-17/h8-11H,6-7,12H2,1-5H3,(H,21,22). The molecule has 0 aliphatic rings. The number of aromatic nitrogens is 1. The minimum atomic E-state index is -0.495. The Balaban J connectivity index is 2.31. The summed E-state index contributed by atoms with van der Waals surface area (Å²) in [4.78, 5) is 16.4. The van der Waals surface area contributed by atoms with Gasteiger partial charge in [-0.3, -0.25) is 4.98 Å². The summed E-state index contributed by atoms with van der Waals surface area (Å²) in [6.07, 6.45) is 3.35. The summed E-state index contributed by atoms with van der Waals surface area (Å²) in [6, 6.07) is 6.39. The lowest BCUT2D eigenvalue weighted by Crippen LogP contribution is -2.32.